The van der Waals surface area contributed by atoms with E-state index in [4.69, 9.17) is 31.6 Å². The summed E-state index contributed by atoms with van der Waals surface area (Å²) in [6, 6.07) is 0. The summed E-state index contributed by atoms with van der Waals surface area (Å²) in [5, 5.41) is 51.5. The van der Waals surface area contributed by atoms with Gasteiger partial charge in [0, 0.05) is 0 Å². The van der Waals surface area contributed by atoms with Gasteiger partial charge >= 0.3 is 208 Å². The predicted molar refractivity (Wildman–Crippen MR) is 48.0 cm³/mol. The van der Waals surface area contributed by atoms with E-state index in [1.807, 2.05) is 0 Å². The summed E-state index contributed by atoms with van der Waals surface area (Å²) in [5.41, 5.74) is 0. The fourth-order valence-electron chi connectivity index (χ4n) is 0.265. The van der Waals surface area contributed by atoms with Crippen LogP contribution in [-0.2, 0) is 44.3 Å². The number of hydrogen-bond acceptors (Lipinski definition) is 6. The Morgan fingerprint density at radius 1 is 0.471 bits per heavy atom. The Labute approximate surface area is 203 Å². The quantitative estimate of drug-likeness (QED) is 0.459. The molecule has 0 spiro atoms. The normalized spacial score (nSPS) is 10.2. The Kier molecular flexibility index (Phi) is 17.7. The van der Waals surface area contributed by atoms with Gasteiger partial charge in [0.25, 0.3) is 0 Å². The number of hydrogen-bond donors (Lipinski definition) is 0. The van der Waals surface area contributed by atoms with Gasteiger partial charge in [-0.25, -0.2) is 0 Å². The molecule has 0 N–H and O–H groups in total. The van der Waals surface area contributed by atoms with Crippen LogP contribution in [0.4, 0.5) is 0 Å². The van der Waals surface area contributed by atoms with Crippen LogP contribution in [0.3, 0.4) is 0 Å². The van der Waals surface area contributed by atoms with Crippen LogP contribution in [0.15, 0.2) is 0 Å². The standard InChI is InChI=1S/6CN.2Co.Fe.2K.2H/c6*1-2;;;;;;;/q;;;;;;2*+2;-4;;;;. The minimum atomic E-state index is -6.17. The summed E-state index contributed by atoms with van der Waals surface area (Å²) >= 11 is 0. The molecule has 0 aromatic carbocycles. The van der Waals surface area contributed by atoms with Gasteiger partial charge in [-0.15, -0.1) is 0 Å². The number of nitrogens with zero attached hydrogens (tertiary/aromatic N) is 6. The number of nitriles is 6. The minimum absolute atomic E-state index is 0. The van der Waals surface area contributed by atoms with Gasteiger partial charge in [0.15, 0.2) is 0 Å². The first-order chi connectivity index (χ1) is 5.97. The monoisotopic (exact) mass is 410 g/mol. The molecule has 0 bridgehead atoms. The molecule has 0 saturated carbocycles. The summed E-state index contributed by atoms with van der Waals surface area (Å²) in [4.78, 5) is 6.19. The van der Waals surface area contributed by atoms with Crippen molar-refractivity contribution in [1.82, 2.24) is 0 Å². The fraction of sp³-hybridized carbons (Fsp3) is 0. The molecule has 0 aliphatic carbocycles. The molecular formula is C6H2Co2FeK2N6. The van der Waals surface area contributed by atoms with Crippen LogP contribution in [0.2, 0.25) is 0 Å². The van der Waals surface area contributed by atoms with Gasteiger partial charge in [-0.2, -0.15) is 0 Å². The molecule has 0 heterocycles. The molecule has 0 fully saturated rings. The third-order valence-electron chi connectivity index (χ3n) is 1.19. The maximum atomic E-state index is 8.58. The Balaban J connectivity index is -0.000000120. The second-order valence-electron chi connectivity index (χ2n) is 1.80. The Bertz CT molecular complexity index is 404. The molecule has 0 amide bonds. The van der Waals surface area contributed by atoms with E-state index < -0.39 is 10.7 Å². The zero-order valence-electron chi connectivity index (χ0n) is 6.70. The van der Waals surface area contributed by atoms with Crippen molar-refractivity contribution >= 4 is 103 Å². The van der Waals surface area contributed by atoms with Gasteiger partial charge in [-0.3, -0.25) is 0 Å². The second-order valence-corrected chi connectivity index (χ2v) is 7.42. The predicted octanol–water partition coefficient (Wildman–Crippen LogP) is -1.20. The van der Waals surface area contributed by atoms with Gasteiger partial charge in [0.2, 0.25) is 0 Å². The van der Waals surface area contributed by atoms with Crippen molar-refractivity contribution in [3.63, 3.8) is 0 Å². The first-order valence-electron chi connectivity index (χ1n) is 2.40. The molecule has 11 heteroatoms. The molecule has 0 saturated heterocycles. The molecular weight excluding hydrogens is 408 g/mol. The Morgan fingerprint density at radius 3 is 0.588 bits per heavy atom. The Morgan fingerprint density at radius 2 is 0.588 bits per heavy atom. The molecule has 0 aromatic rings. The summed E-state index contributed by atoms with van der Waals surface area (Å²) in [6.45, 7) is 0. The van der Waals surface area contributed by atoms with Crippen molar-refractivity contribution in [1.29, 1.82) is 31.6 Å². The molecule has 84 valence electrons. The first-order valence-corrected chi connectivity index (χ1v) is 5.71. The van der Waals surface area contributed by atoms with Crippen molar-refractivity contribution in [3.05, 3.63) is 0 Å². The van der Waals surface area contributed by atoms with Gasteiger partial charge in [0.1, 0.15) is 0 Å². The van der Waals surface area contributed by atoms with Crippen LogP contribution >= 0.6 is 0 Å². The Hall–Kier alpha value is 1.75. The zero-order chi connectivity index (χ0) is 10.7. The zero-order valence-corrected chi connectivity index (χ0v) is 9.89. The summed E-state index contributed by atoms with van der Waals surface area (Å²) in [6.07, 6.45) is 0. The van der Waals surface area contributed by atoms with Crippen molar-refractivity contribution in [2.24, 2.45) is 0 Å². The molecule has 0 aromatic heterocycles. The van der Waals surface area contributed by atoms with Crippen LogP contribution in [0.25, 0.3) is 0 Å². The van der Waals surface area contributed by atoms with Gasteiger partial charge < -0.3 is 0 Å². The van der Waals surface area contributed by atoms with Gasteiger partial charge in [-0.05, 0) is 0 Å². The van der Waals surface area contributed by atoms with E-state index in [1.165, 1.54) is 0 Å². The van der Waals surface area contributed by atoms with Crippen molar-refractivity contribution in [2.45, 2.75) is 0 Å². The van der Waals surface area contributed by atoms with Crippen LogP contribution in [0, 0.1) is 61.4 Å². The van der Waals surface area contributed by atoms with E-state index in [1.54, 1.807) is 0 Å². The first kappa shape index (κ1) is 31.2. The van der Waals surface area contributed by atoms with Crippen molar-refractivity contribution in [2.75, 3.05) is 0 Å². The number of rotatable bonds is 0. The average molecular weight is 410 g/mol. The topological polar surface area (TPSA) is 143 Å². The van der Waals surface area contributed by atoms with Crippen molar-refractivity contribution in [3.8, 4) is 29.8 Å². The van der Waals surface area contributed by atoms with E-state index in [-0.39, 0.29) is 136 Å². The summed E-state index contributed by atoms with van der Waals surface area (Å²) < 4.78 is 0. The van der Waals surface area contributed by atoms with E-state index in [9.17, 15) is 0 Å². The molecule has 6 nitrogen and oxygen atoms in total. The molecule has 0 aliphatic heterocycles. The average Bonchev–Trinajstić information content (AvgIpc) is 2.26. The third kappa shape index (κ3) is 4.37. The van der Waals surface area contributed by atoms with Crippen LogP contribution in [-0.4, -0.2) is 103 Å². The van der Waals surface area contributed by atoms with Crippen LogP contribution in [0.1, 0.15) is 0 Å². The molecule has 0 unspecified atom stereocenters. The van der Waals surface area contributed by atoms with E-state index >= 15 is 0 Å². The molecule has 0 aliphatic rings. The third-order valence-corrected chi connectivity index (χ3v) is 4.89. The SMILES string of the molecule is N#[C][Fe-4]([C]#N)([C]#N)([C]#N)([C]#N)[C]#N.[Co+2].[Co+2].[KH].[KH]. The van der Waals surface area contributed by atoms with Crippen LogP contribution in [0.5, 0.6) is 0 Å². The molecule has 0 rings (SSSR count). The van der Waals surface area contributed by atoms with Gasteiger partial charge in [-0.1, -0.05) is 0 Å². The van der Waals surface area contributed by atoms with Crippen LogP contribution < -0.4 is 0 Å². The maximum absolute atomic E-state index is 8.58. The van der Waals surface area contributed by atoms with E-state index in [0.717, 1.165) is 29.8 Å². The van der Waals surface area contributed by atoms with E-state index in [0.29, 0.717) is 0 Å². The molecule has 0 atom stereocenters. The second kappa shape index (κ2) is 9.62. The van der Waals surface area contributed by atoms with Crippen molar-refractivity contribution < 1.29 is 44.3 Å². The molecule has 17 heavy (non-hydrogen) atoms. The molecule has 2 radical (unpaired) electrons. The fourth-order valence-corrected chi connectivity index (χ4v) is 1.09. The summed E-state index contributed by atoms with van der Waals surface area (Å²) in [5.74, 6) is 0. The van der Waals surface area contributed by atoms with Gasteiger partial charge in [0.05, 0.1) is 0 Å². The summed E-state index contributed by atoms with van der Waals surface area (Å²) in [7, 11) is -6.17. The van der Waals surface area contributed by atoms with E-state index in [2.05, 4.69) is 0 Å².